The largest absolute Gasteiger partial charge is 0.460 e. The van der Waals surface area contributed by atoms with Crippen LogP contribution >= 0.6 is 0 Å². The number of benzene rings is 3. The van der Waals surface area contributed by atoms with E-state index in [1.54, 1.807) is 11.0 Å². The first-order valence-electron chi connectivity index (χ1n) is 15.0. The number of nitrogens with one attached hydrogen (secondary N) is 1. The lowest BCUT2D eigenvalue weighted by Gasteiger charge is -2.34. The molecule has 8 nitrogen and oxygen atoms in total. The predicted octanol–water partition coefficient (Wildman–Crippen LogP) is 7.23. The van der Waals surface area contributed by atoms with E-state index in [2.05, 4.69) is 14.7 Å². The molecule has 1 aliphatic heterocycles. The third kappa shape index (κ3) is 6.44. The Balaban J connectivity index is 1.54. The van der Waals surface area contributed by atoms with Gasteiger partial charge in [0, 0.05) is 18.2 Å². The van der Waals surface area contributed by atoms with Crippen molar-refractivity contribution >= 4 is 27.8 Å². The first-order valence-corrected chi connectivity index (χ1v) is 16.5. The summed E-state index contributed by atoms with van der Waals surface area (Å²) >= 11 is 0. The zero-order chi connectivity index (χ0) is 32.7. The summed E-state index contributed by atoms with van der Waals surface area (Å²) in [5, 5.41) is 0. The standard InChI is InChI=1S/C34H33F3N4O4S/c1-22-8-6-9-23(2)30(22)28-19-29-39-32(38-28)40-46(43,44)27-13-7-12-25(18-27)31(42)45-21-26(14-15-33(16-17-33)34(35,36)37)41(29)20-24-10-4-3-5-11-24/h3-13,18-19,26H,14-17,20-21H2,1-2H3,(H,38,39,40). The summed E-state index contributed by atoms with van der Waals surface area (Å²) in [6, 6.07) is 21.4. The fourth-order valence-electron chi connectivity index (χ4n) is 5.97. The summed E-state index contributed by atoms with van der Waals surface area (Å²) in [6.45, 7) is 3.78. The van der Waals surface area contributed by atoms with Gasteiger partial charge in [-0.3, -0.25) is 0 Å². The minimum atomic E-state index is -4.35. The second kappa shape index (κ2) is 12.1. The molecule has 1 unspecified atom stereocenters. The number of fused-ring (bicyclic) bond motifs is 4. The molecule has 1 atom stereocenters. The first kappa shape index (κ1) is 31.5. The molecule has 0 saturated heterocycles. The SMILES string of the molecule is Cc1cccc(C)c1-c1cc2nc(n1)NS(=O)(=O)c1cccc(c1)C(=O)OCC(CCC1(C(F)(F)F)CC1)N2Cc1ccccc1. The summed E-state index contributed by atoms with van der Waals surface area (Å²) in [4.78, 5) is 24.1. The summed E-state index contributed by atoms with van der Waals surface area (Å²) in [5.74, 6) is -0.720. The Morgan fingerprint density at radius 3 is 2.33 bits per heavy atom. The van der Waals surface area contributed by atoms with E-state index in [4.69, 9.17) is 4.74 Å². The predicted molar refractivity (Wildman–Crippen MR) is 168 cm³/mol. The van der Waals surface area contributed by atoms with Crippen molar-refractivity contribution in [3.63, 3.8) is 0 Å². The van der Waals surface area contributed by atoms with Gasteiger partial charge in [-0.15, -0.1) is 0 Å². The Kier molecular flexibility index (Phi) is 8.26. The molecule has 1 aromatic heterocycles. The zero-order valence-electron chi connectivity index (χ0n) is 25.3. The van der Waals surface area contributed by atoms with Crippen molar-refractivity contribution in [3.05, 3.63) is 101 Å². The van der Waals surface area contributed by atoms with Crippen molar-refractivity contribution in [2.24, 2.45) is 5.41 Å². The van der Waals surface area contributed by atoms with E-state index < -0.39 is 33.6 Å². The Hall–Kier alpha value is -4.45. The second-order valence-corrected chi connectivity index (χ2v) is 13.7. The molecule has 1 saturated carbocycles. The van der Waals surface area contributed by atoms with Gasteiger partial charge in [0.25, 0.3) is 10.0 Å². The maximum absolute atomic E-state index is 14.1. The Labute approximate surface area is 265 Å². The minimum absolute atomic E-state index is 0.00622. The Bertz CT molecular complexity index is 1860. The normalized spacial score (nSPS) is 18.8. The molecule has 2 heterocycles. The van der Waals surface area contributed by atoms with E-state index in [0.717, 1.165) is 22.3 Å². The van der Waals surface area contributed by atoms with E-state index in [-0.39, 0.29) is 61.1 Å². The number of halogens is 3. The number of alkyl halides is 3. The number of carbonyl (C=O) groups is 1. The van der Waals surface area contributed by atoms with E-state index >= 15 is 0 Å². The fraction of sp³-hybridized carbons (Fsp3) is 0.324. The molecule has 1 fully saturated rings. The van der Waals surface area contributed by atoms with E-state index in [0.29, 0.717) is 5.69 Å². The van der Waals surface area contributed by atoms with Crippen LogP contribution in [0.2, 0.25) is 0 Å². The molecule has 240 valence electrons. The van der Waals surface area contributed by atoms with Crippen LogP contribution in [0, 0.1) is 19.3 Å². The van der Waals surface area contributed by atoms with E-state index in [9.17, 15) is 26.4 Å². The van der Waals surface area contributed by atoms with Crippen LogP contribution in [0.25, 0.3) is 11.3 Å². The van der Waals surface area contributed by atoms with Crippen LogP contribution in [0.4, 0.5) is 24.9 Å². The number of aromatic nitrogens is 2. The number of aryl methyl sites for hydroxylation is 2. The summed E-state index contributed by atoms with van der Waals surface area (Å²) < 4.78 is 77.5. The molecule has 3 aromatic carbocycles. The third-order valence-electron chi connectivity index (χ3n) is 8.80. The molecule has 6 rings (SSSR count). The molecule has 4 aromatic rings. The molecular formula is C34H33F3N4O4S. The van der Waals surface area contributed by atoms with Crippen molar-refractivity contribution in [2.75, 3.05) is 16.2 Å². The van der Waals surface area contributed by atoms with Crippen LogP contribution in [0.3, 0.4) is 0 Å². The lowest BCUT2D eigenvalue weighted by atomic mass is 9.95. The molecule has 0 radical (unpaired) electrons. The van der Waals surface area contributed by atoms with Crippen LogP contribution in [0.15, 0.2) is 83.8 Å². The third-order valence-corrected chi connectivity index (χ3v) is 10.1. The maximum atomic E-state index is 14.1. The number of carbonyl (C=O) groups excluding carboxylic acids is 1. The van der Waals surface area contributed by atoms with Gasteiger partial charge in [-0.05, 0) is 74.4 Å². The van der Waals surface area contributed by atoms with Crippen LogP contribution in [-0.2, 0) is 21.3 Å². The van der Waals surface area contributed by atoms with Crippen LogP contribution in [0.5, 0.6) is 0 Å². The molecule has 4 bridgehead atoms. The van der Waals surface area contributed by atoms with E-state index in [1.807, 2.05) is 62.4 Å². The second-order valence-electron chi connectivity index (χ2n) is 12.0. The molecule has 0 amide bonds. The lowest BCUT2D eigenvalue weighted by Crippen LogP contribution is -2.41. The average Bonchev–Trinajstić information content (AvgIpc) is 3.82. The van der Waals surface area contributed by atoms with Gasteiger partial charge in [-0.2, -0.15) is 18.2 Å². The molecule has 0 spiro atoms. The fourth-order valence-corrected chi connectivity index (χ4v) is 6.96. The number of hydrogen-bond acceptors (Lipinski definition) is 7. The Morgan fingerprint density at radius 1 is 0.957 bits per heavy atom. The highest BCUT2D eigenvalue weighted by Crippen LogP contribution is 2.60. The van der Waals surface area contributed by atoms with E-state index in [1.165, 1.54) is 24.3 Å². The van der Waals surface area contributed by atoms with Gasteiger partial charge < -0.3 is 9.64 Å². The topological polar surface area (TPSA) is 101 Å². The quantitative estimate of drug-likeness (QED) is 0.220. The number of cyclic esters (lactones) is 1. The van der Waals surface area contributed by atoms with Gasteiger partial charge in [0.15, 0.2) is 0 Å². The van der Waals surface area contributed by atoms with Gasteiger partial charge in [0.05, 0.1) is 27.6 Å². The number of ether oxygens (including phenoxy) is 1. The number of sulfonamides is 1. The number of rotatable bonds is 6. The van der Waals surface area contributed by atoms with Gasteiger partial charge in [-0.25, -0.2) is 22.9 Å². The highest BCUT2D eigenvalue weighted by Gasteiger charge is 2.62. The molecule has 1 N–H and O–H groups in total. The maximum Gasteiger partial charge on any atom is 0.394 e. The van der Waals surface area contributed by atoms with Crippen molar-refractivity contribution in [1.29, 1.82) is 0 Å². The molecule has 2 aliphatic rings. The van der Waals surface area contributed by atoms with Crippen molar-refractivity contribution in [2.45, 2.75) is 63.2 Å². The average molecular weight is 651 g/mol. The molecule has 12 heteroatoms. The molecular weight excluding hydrogens is 617 g/mol. The monoisotopic (exact) mass is 650 g/mol. The van der Waals surface area contributed by atoms with Crippen molar-refractivity contribution < 1.29 is 31.1 Å². The number of esters is 1. The van der Waals surface area contributed by atoms with Crippen LogP contribution in [0.1, 0.15) is 52.7 Å². The smallest absolute Gasteiger partial charge is 0.394 e. The van der Waals surface area contributed by atoms with Gasteiger partial charge in [0.1, 0.15) is 12.4 Å². The number of anilines is 2. The van der Waals surface area contributed by atoms with Crippen molar-refractivity contribution in [1.82, 2.24) is 9.97 Å². The van der Waals surface area contributed by atoms with Gasteiger partial charge >= 0.3 is 12.1 Å². The van der Waals surface area contributed by atoms with Gasteiger partial charge in [0.2, 0.25) is 5.95 Å². The molecule has 1 aliphatic carbocycles. The van der Waals surface area contributed by atoms with Crippen LogP contribution < -0.4 is 9.62 Å². The number of hydrogen-bond donors (Lipinski definition) is 1. The highest BCUT2D eigenvalue weighted by atomic mass is 32.2. The summed E-state index contributed by atoms with van der Waals surface area (Å²) in [7, 11) is -4.26. The number of nitrogens with zero attached hydrogens (tertiary/aromatic N) is 3. The minimum Gasteiger partial charge on any atom is -0.460 e. The van der Waals surface area contributed by atoms with Crippen LogP contribution in [-0.4, -0.2) is 43.2 Å². The van der Waals surface area contributed by atoms with Gasteiger partial charge in [-0.1, -0.05) is 54.6 Å². The highest BCUT2D eigenvalue weighted by molar-refractivity contribution is 7.92. The first-order chi connectivity index (χ1) is 21.8. The molecule has 46 heavy (non-hydrogen) atoms. The summed E-state index contributed by atoms with van der Waals surface area (Å²) in [5.41, 5.74) is 2.05. The summed E-state index contributed by atoms with van der Waals surface area (Å²) in [6.07, 6.45) is -4.37. The van der Waals surface area contributed by atoms with Crippen molar-refractivity contribution in [3.8, 4) is 11.3 Å². The zero-order valence-corrected chi connectivity index (χ0v) is 26.2. The lowest BCUT2D eigenvalue weighted by molar-refractivity contribution is -0.189. The Morgan fingerprint density at radius 2 is 1.65 bits per heavy atom.